The normalized spacial score (nSPS) is 16.9. The molecule has 1 saturated heterocycles. The number of rotatable bonds is 4. The Morgan fingerprint density at radius 2 is 2.07 bits per heavy atom. The second-order valence-corrected chi connectivity index (χ2v) is 8.07. The van der Waals surface area contributed by atoms with Crippen molar-refractivity contribution in [1.29, 1.82) is 0 Å². The van der Waals surface area contributed by atoms with Crippen LogP contribution in [0, 0.1) is 0 Å². The van der Waals surface area contributed by atoms with E-state index in [4.69, 9.17) is 16.3 Å². The predicted molar refractivity (Wildman–Crippen MR) is 107 cm³/mol. The third-order valence-electron chi connectivity index (χ3n) is 4.69. The number of nitrogens with zero attached hydrogens (tertiary/aromatic N) is 3. The van der Waals surface area contributed by atoms with Gasteiger partial charge in [0.15, 0.2) is 17.0 Å². The maximum absolute atomic E-state index is 13.7. The Balaban J connectivity index is 1.76. The molecule has 4 rings (SSSR count). The van der Waals surface area contributed by atoms with Crippen molar-refractivity contribution in [1.82, 2.24) is 19.9 Å². The van der Waals surface area contributed by atoms with Crippen molar-refractivity contribution in [3.8, 4) is 11.3 Å². The molecule has 1 amide bonds. The summed E-state index contributed by atoms with van der Waals surface area (Å²) in [5.41, 5.74) is -1.11. The minimum absolute atomic E-state index is 0.0652. The Labute approximate surface area is 182 Å². The summed E-state index contributed by atoms with van der Waals surface area (Å²) in [6.07, 6.45) is -3.16. The zero-order chi connectivity index (χ0) is 21.5. The first-order valence-electron chi connectivity index (χ1n) is 9.06. The standard InChI is InChI=1S/C19H15BrClF3N4O2/c20-11-5-3-10(4-6-11)13-8-14(19(22,23)24)28-17(26-13)15(21)16(27-28)18(29)25-9-12-2-1-7-30-12/h3-6,8,12H,1-2,7,9H2,(H,25,29). The van der Waals surface area contributed by atoms with E-state index in [1.807, 2.05) is 0 Å². The number of hydrogen-bond donors (Lipinski definition) is 1. The molecule has 11 heteroatoms. The van der Waals surface area contributed by atoms with Crippen molar-refractivity contribution in [2.24, 2.45) is 0 Å². The van der Waals surface area contributed by atoms with Gasteiger partial charge in [0.25, 0.3) is 5.91 Å². The molecular weight excluding hydrogens is 489 g/mol. The first-order chi connectivity index (χ1) is 14.2. The highest BCUT2D eigenvalue weighted by molar-refractivity contribution is 9.10. The largest absolute Gasteiger partial charge is 0.433 e. The topological polar surface area (TPSA) is 68.5 Å². The van der Waals surface area contributed by atoms with Gasteiger partial charge in [-0.05, 0) is 31.0 Å². The molecule has 3 heterocycles. The lowest BCUT2D eigenvalue weighted by Crippen LogP contribution is -2.32. The number of nitrogens with one attached hydrogen (secondary N) is 1. The van der Waals surface area contributed by atoms with Crippen molar-refractivity contribution in [2.45, 2.75) is 25.1 Å². The van der Waals surface area contributed by atoms with E-state index in [0.29, 0.717) is 16.7 Å². The average molecular weight is 504 g/mol. The zero-order valence-corrected chi connectivity index (χ0v) is 17.7. The maximum atomic E-state index is 13.7. The summed E-state index contributed by atoms with van der Waals surface area (Å²) >= 11 is 9.53. The molecule has 1 atom stereocenters. The molecular formula is C19H15BrClF3N4O2. The number of amides is 1. The van der Waals surface area contributed by atoms with E-state index in [2.05, 4.69) is 31.3 Å². The van der Waals surface area contributed by atoms with Crippen LogP contribution in [-0.4, -0.2) is 39.8 Å². The van der Waals surface area contributed by atoms with Gasteiger partial charge in [0.05, 0.1) is 11.8 Å². The lowest BCUT2D eigenvalue weighted by atomic mass is 10.1. The predicted octanol–water partition coefficient (Wildman–Crippen LogP) is 4.74. The molecule has 6 nitrogen and oxygen atoms in total. The first-order valence-corrected chi connectivity index (χ1v) is 10.2. The molecule has 0 radical (unpaired) electrons. The summed E-state index contributed by atoms with van der Waals surface area (Å²) in [6.45, 7) is 0.847. The molecule has 2 aromatic heterocycles. The summed E-state index contributed by atoms with van der Waals surface area (Å²) < 4.78 is 47.9. The van der Waals surface area contributed by atoms with E-state index in [9.17, 15) is 18.0 Å². The molecule has 1 aromatic carbocycles. The maximum Gasteiger partial charge on any atom is 0.433 e. The van der Waals surface area contributed by atoms with Gasteiger partial charge in [0, 0.05) is 23.2 Å². The van der Waals surface area contributed by atoms with Crippen LogP contribution in [0.1, 0.15) is 29.0 Å². The Hall–Kier alpha value is -2.17. The third kappa shape index (κ3) is 4.17. The first kappa shape index (κ1) is 21.1. The molecule has 1 fully saturated rings. The number of benzene rings is 1. The van der Waals surface area contributed by atoms with Crippen LogP contribution in [0.4, 0.5) is 13.2 Å². The van der Waals surface area contributed by atoms with Crippen molar-refractivity contribution < 1.29 is 22.7 Å². The second kappa shape index (κ2) is 8.16. The average Bonchev–Trinajstić information content (AvgIpc) is 3.33. The van der Waals surface area contributed by atoms with Crippen LogP contribution in [0.15, 0.2) is 34.8 Å². The van der Waals surface area contributed by atoms with Crippen LogP contribution in [0.25, 0.3) is 16.9 Å². The molecule has 1 N–H and O–H groups in total. The molecule has 0 aliphatic carbocycles. The molecule has 1 aliphatic heterocycles. The number of alkyl halides is 3. The van der Waals surface area contributed by atoms with Gasteiger partial charge in [0.2, 0.25) is 0 Å². The summed E-state index contributed by atoms with van der Waals surface area (Å²) in [5, 5.41) is 6.18. The number of halogens is 5. The zero-order valence-electron chi connectivity index (χ0n) is 15.3. The highest BCUT2D eigenvalue weighted by atomic mass is 79.9. The molecule has 0 bridgehead atoms. The smallest absolute Gasteiger partial charge is 0.376 e. The quantitative estimate of drug-likeness (QED) is 0.558. The second-order valence-electron chi connectivity index (χ2n) is 6.77. The molecule has 0 saturated carbocycles. The molecule has 158 valence electrons. The SMILES string of the molecule is O=C(NCC1CCCO1)c1nn2c(C(F)(F)F)cc(-c3ccc(Br)cc3)nc2c1Cl. The van der Waals surface area contributed by atoms with Gasteiger partial charge in [-0.3, -0.25) is 4.79 Å². The van der Waals surface area contributed by atoms with Crippen LogP contribution >= 0.6 is 27.5 Å². The van der Waals surface area contributed by atoms with Crippen molar-refractivity contribution in [3.05, 3.63) is 51.2 Å². The third-order valence-corrected chi connectivity index (χ3v) is 5.57. The fraction of sp³-hybridized carbons (Fsp3) is 0.316. The fourth-order valence-electron chi connectivity index (χ4n) is 3.20. The molecule has 0 spiro atoms. The monoisotopic (exact) mass is 502 g/mol. The Morgan fingerprint density at radius 1 is 1.33 bits per heavy atom. The van der Waals surface area contributed by atoms with Crippen LogP contribution in [-0.2, 0) is 10.9 Å². The Bertz CT molecular complexity index is 1100. The number of carbonyl (C=O) groups excluding carboxylic acids is 1. The summed E-state index contributed by atoms with van der Waals surface area (Å²) in [6, 6.07) is 7.52. The Kier molecular flexibility index (Phi) is 5.73. The lowest BCUT2D eigenvalue weighted by molar-refractivity contribution is -0.142. The van der Waals surface area contributed by atoms with Crippen LogP contribution < -0.4 is 5.32 Å². The minimum atomic E-state index is -4.73. The molecule has 1 unspecified atom stereocenters. The van der Waals surface area contributed by atoms with Crippen LogP contribution in [0.5, 0.6) is 0 Å². The van der Waals surface area contributed by atoms with Gasteiger partial charge in [-0.25, -0.2) is 9.50 Å². The summed E-state index contributed by atoms with van der Waals surface area (Å²) in [4.78, 5) is 16.7. The van der Waals surface area contributed by atoms with E-state index in [1.54, 1.807) is 24.3 Å². The number of carbonyl (C=O) groups is 1. The molecule has 30 heavy (non-hydrogen) atoms. The van der Waals surface area contributed by atoms with Gasteiger partial charge in [-0.2, -0.15) is 18.3 Å². The van der Waals surface area contributed by atoms with Gasteiger partial charge in [-0.1, -0.05) is 39.7 Å². The fourth-order valence-corrected chi connectivity index (χ4v) is 3.71. The van der Waals surface area contributed by atoms with Crippen molar-refractivity contribution >= 4 is 39.1 Å². The van der Waals surface area contributed by atoms with Gasteiger partial charge >= 0.3 is 6.18 Å². The number of hydrogen-bond acceptors (Lipinski definition) is 4. The van der Waals surface area contributed by atoms with Crippen LogP contribution in [0.2, 0.25) is 5.02 Å². The summed E-state index contributed by atoms with van der Waals surface area (Å²) in [7, 11) is 0. The minimum Gasteiger partial charge on any atom is -0.376 e. The van der Waals surface area contributed by atoms with E-state index in [1.165, 1.54) is 0 Å². The molecule has 1 aliphatic rings. The van der Waals surface area contributed by atoms with E-state index in [0.717, 1.165) is 23.4 Å². The highest BCUT2D eigenvalue weighted by Crippen LogP contribution is 2.34. The lowest BCUT2D eigenvalue weighted by Gasteiger charge is -2.11. The van der Waals surface area contributed by atoms with E-state index < -0.39 is 17.8 Å². The highest BCUT2D eigenvalue weighted by Gasteiger charge is 2.36. The number of fused-ring (bicyclic) bond motifs is 1. The number of aromatic nitrogens is 3. The van der Waals surface area contributed by atoms with Crippen molar-refractivity contribution in [3.63, 3.8) is 0 Å². The molecule has 3 aromatic rings. The van der Waals surface area contributed by atoms with E-state index >= 15 is 0 Å². The Morgan fingerprint density at radius 3 is 2.70 bits per heavy atom. The summed E-state index contributed by atoms with van der Waals surface area (Å²) in [5.74, 6) is -0.681. The van der Waals surface area contributed by atoms with Crippen molar-refractivity contribution in [2.75, 3.05) is 13.2 Å². The van der Waals surface area contributed by atoms with Gasteiger partial charge < -0.3 is 10.1 Å². The van der Waals surface area contributed by atoms with Gasteiger partial charge in [-0.15, -0.1) is 0 Å². The van der Waals surface area contributed by atoms with Crippen LogP contribution in [0.3, 0.4) is 0 Å². The number of ether oxygens (including phenoxy) is 1. The van der Waals surface area contributed by atoms with Gasteiger partial charge in [0.1, 0.15) is 5.02 Å². The van der Waals surface area contributed by atoms with E-state index in [-0.39, 0.29) is 34.7 Å².